The standard InChI is InChI=1S/C19H21NO5/c1-22-15-8-7-13(9-18(15)23-2)10-19(21)20-11-14-12-24-16-5-3-4-6-17(16)25-14/h3-9,14H,10-12H2,1-2H3,(H,20,21). The zero-order valence-corrected chi connectivity index (χ0v) is 14.3. The van der Waals surface area contributed by atoms with E-state index in [0.29, 0.717) is 30.4 Å². The van der Waals surface area contributed by atoms with Crippen molar-refractivity contribution in [3.05, 3.63) is 48.0 Å². The topological polar surface area (TPSA) is 66.0 Å². The van der Waals surface area contributed by atoms with Gasteiger partial charge >= 0.3 is 0 Å². The van der Waals surface area contributed by atoms with E-state index in [1.165, 1.54) is 0 Å². The lowest BCUT2D eigenvalue weighted by atomic mass is 10.1. The fraction of sp³-hybridized carbons (Fsp3) is 0.316. The lowest BCUT2D eigenvalue weighted by molar-refractivity contribution is -0.120. The number of fused-ring (bicyclic) bond motifs is 1. The number of rotatable bonds is 6. The number of para-hydroxylation sites is 2. The van der Waals surface area contributed by atoms with Crippen LogP contribution in [0.25, 0.3) is 0 Å². The van der Waals surface area contributed by atoms with Crippen LogP contribution in [0.15, 0.2) is 42.5 Å². The molecule has 6 heteroatoms. The number of carbonyl (C=O) groups excluding carboxylic acids is 1. The molecule has 1 heterocycles. The van der Waals surface area contributed by atoms with Gasteiger partial charge < -0.3 is 24.3 Å². The van der Waals surface area contributed by atoms with E-state index in [0.717, 1.165) is 11.3 Å². The summed E-state index contributed by atoms with van der Waals surface area (Å²) < 4.78 is 21.9. The molecule has 2 aromatic carbocycles. The summed E-state index contributed by atoms with van der Waals surface area (Å²) in [6, 6.07) is 12.9. The van der Waals surface area contributed by atoms with Crippen molar-refractivity contribution in [3.8, 4) is 23.0 Å². The molecule has 1 unspecified atom stereocenters. The molecule has 2 aromatic rings. The maximum absolute atomic E-state index is 12.2. The molecule has 0 aromatic heterocycles. The molecular weight excluding hydrogens is 322 g/mol. The van der Waals surface area contributed by atoms with Gasteiger partial charge in [-0.2, -0.15) is 0 Å². The lowest BCUT2D eigenvalue weighted by Gasteiger charge is -2.26. The van der Waals surface area contributed by atoms with Gasteiger partial charge in [0, 0.05) is 0 Å². The average Bonchev–Trinajstić information content (AvgIpc) is 2.66. The maximum Gasteiger partial charge on any atom is 0.224 e. The van der Waals surface area contributed by atoms with E-state index >= 15 is 0 Å². The zero-order valence-electron chi connectivity index (χ0n) is 14.3. The second-order valence-electron chi connectivity index (χ2n) is 5.67. The first kappa shape index (κ1) is 17.0. The number of methoxy groups -OCH3 is 2. The minimum absolute atomic E-state index is 0.0883. The van der Waals surface area contributed by atoms with Gasteiger partial charge in [-0.25, -0.2) is 0 Å². The first-order chi connectivity index (χ1) is 12.2. The van der Waals surface area contributed by atoms with Crippen LogP contribution in [0.5, 0.6) is 23.0 Å². The monoisotopic (exact) mass is 343 g/mol. The van der Waals surface area contributed by atoms with Crippen molar-refractivity contribution < 1.29 is 23.7 Å². The van der Waals surface area contributed by atoms with Crippen LogP contribution < -0.4 is 24.3 Å². The molecule has 1 amide bonds. The number of carbonyl (C=O) groups is 1. The van der Waals surface area contributed by atoms with Crippen LogP contribution in [0.2, 0.25) is 0 Å². The van der Waals surface area contributed by atoms with Gasteiger partial charge in [0.25, 0.3) is 0 Å². The van der Waals surface area contributed by atoms with Gasteiger partial charge in [0.1, 0.15) is 12.7 Å². The minimum Gasteiger partial charge on any atom is -0.493 e. The van der Waals surface area contributed by atoms with Crippen molar-refractivity contribution in [1.29, 1.82) is 0 Å². The number of ether oxygens (including phenoxy) is 4. The molecule has 0 saturated carbocycles. The third kappa shape index (κ3) is 4.15. The highest BCUT2D eigenvalue weighted by Crippen LogP contribution is 2.30. The molecule has 0 aliphatic carbocycles. The Kier molecular flexibility index (Phi) is 5.28. The van der Waals surface area contributed by atoms with Crippen LogP contribution in [-0.2, 0) is 11.2 Å². The van der Waals surface area contributed by atoms with Gasteiger partial charge in [-0.15, -0.1) is 0 Å². The second kappa shape index (κ2) is 7.79. The van der Waals surface area contributed by atoms with Gasteiger partial charge in [-0.05, 0) is 29.8 Å². The predicted octanol–water partition coefficient (Wildman–Crippen LogP) is 2.20. The number of benzene rings is 2. The van der Waals surface area contributed by atoms with Crippen LogP contribution in [0.3, 0.4) is 0 Å². The van der Waals surface area contributed by atoms with Gasteiger partial charge in [0.15, 0.2) is 23.0 Å². The van der Waals surface area contributed by atoms with Crippen LogP contribution in [-0.4, -0.2) is 39.4 Å². The van der Waals surface area contributed by atoms with E-state index in [1.54, 1.807) is 26.4 Å². The van der Waals surface area contributed by atoms with Crippen LogP contribution >= 0.6 is 0 Å². The molecule has 0 saturated heterocycles. The molecule has 0 spiro atoms. The molecule has 3 rings (SSSR count). The summed E-state index contributed by atoms with van der Waals surface area (Å²) in [6.07, 6.45) is 0.0501. The van der Waals surface area contributed by atoms with Crippen LogP contribution in [0, 0.1) is 0 Å². The second-order valence-corrected chi connectivity index (χ2v) is 5.67. The quantitative estimate of drug-likeness (QED) is 0.871. The fourth-order valence-corrected chi connectivity index (χ4v) is 2.63. The maximum atomic E-state index is 12.2. The molecular formula is C19H21NO5. The lowest BCUT2D eigenvalue weighted by Crippen LogP contribution is -2.41. The summed E-state index contributed by atoms with van der Waals surface area (Å²) in [7, 11) is 3.15. The van der Waals surface area contributed by atoms with E-state index in [-0.39, 0.29) is 18.4 Å². The van der Waals surface area contributed by atoms with E-state index in [1.807, 2.05) is 30.3 Å². The van der Waals surface area contributed by atoms with Crippen molar-refractivity contribution in [2.45, 2.75) is 12.5 Å². The molecule has 132 valence electrons. The molecule has 1 aliphatic rings. The van der Waals surface area contributed by atoms with Crippen molar-refractivity contribution in [2.24, 2.45) is 0 Å². The molecule has 0 bridgehead atoms. The predicted molar refractivity (Wildman–Crippen MR) is 92.6 cm³/mol. The highest BCUT2D eigenvalue weighted by Gasteiger charge is 2.21. The molecule has 1 atom stereocenters. The Morgan fingerprint density at radius 3 is 2.64 bits per heavy atom. The normalized spacial score (nSPS) is 15.4. The molecule has 0 fully saturated rings. The van der Waals surface area contributed by atoms with Gasteiger partial charge in [-0.3, -0.25) is 4.79 Å². The molecule has 1 aliphatic heterocycles. The van der Waals surface area contributed by atoms with Crippen molar-refractivity contribution in [1.82, 2.24) is 5.32 Å². The molecule has 1 N–H and O–H groups in total. The third-order valence-electron chi connectivity index (χ3n) is 3.91. The van der Waals surface area contributed by atoms with Crippen molar-refractivity contribution in [2.75, 3.05) is 27.4 Å². The Hall–Kier alpha value is -2.89. The SMILES string of the molecule is COc1ccc(CC(=O)NCC2COc3ccccc3O2)cc1OC. The van der Waals surface area contributed by atoms with Crippen molar-refractivity contribution in [3.63, 3.8) is 0 Å². The summed E-state index contributed by atoms with van der Waals surface area (Å²) in [5, 5.41) is 2.88. The van der Waals surface area contributed by atoms with E-state index in [2.05, 4.69) is 5.32 Å². The minimum atomic E-state index is -0.204. The Morgan fingerprint density at radius 2 is 1.88 bits per heavy atom. The Morgan fingerprint density at radius 1 is 1.12 bits per heavy atom. The fourth-order valence-electron chi connectivity index (χ4n) is 2.63. The summed E-state index contributed by atoms with van der Waals surface area (Å²) in [4.78, 5) is 12.2. The number of hydrogen-bond acceptors (Lipinski definition) is 5. The average molecular weight is 343 g/mol. The number of hydrogen-bond donors (Lipinski definition) is 1. The highest BCUT2D eigenvalue weighted by atomic mass is 16.6. The number of amides is 1. The summed E-state index contributed by atoms with van der Waals surface area (Å²) in [5.41, 5.74) is 0.848. The molecule has 6 nitrogen and oxygen atoms in total. The van der Waals surface area contributed by atoms with Crippen LogP contribution in [0.1, 0.15) is 5.56 Å². The summed E-state index contributed by atoms with van der Waals surface area (Å²) >= 11 is 0. The van der Waals surface area contributed by atoms with E-state index in [4.69, 9.17) is 18.9 Å². The first-order valence-electron chi connectivity index (χ1n) is 8.05. The summed E-state index contributed by atoms with van der Waals surface area (Å²) in [5.74, 6) is 2.59. The largest absolute Gasteiger partial charge is 0.493 e. The van der Waals surface area contributed by atoms with E-state index in [9.17, 15) is 4.79 Å². The smallest absolute Gasteiger partial charge is 0.224 e. The Balaban J connectivity index is 1.52. The molecule has 25 heavy (non-hydrogen) atoms. The highest BCUT2D eigenvalue weighted by molar-refractivity contribution is 5.78. The van der Waals surface area contributed by atoms with Gasteiger partial charge in [0.05, 0.1) is 27.2 Å². The number of nitrogens with one attached hydrogen (secondary N) is 1. The van der Waals surface area contributed by atoms with Gasteiger partial charge in [0.2, 0.25) is 5.91 Å². The molecule has 0 radical (unpaired) electrons. The van der Waals surface area contributed by atoms with E-state index < -0.39 is 0 Å². The van der Waals surface area contributed by atoms with Gasteiger partial charge in [-0.1, -0.05) is 18.2 Å². The Bertz CT molecular complexity index is 746. The zero-order chi connectivity index (χ0) is 17.6. The summed E-state index contributed by atoms with van der Waals surface area (Å²) in [6.45, 7) is 0.800. The first-order valence-corrected chi connectivity index (χ1v) is 8.05. The van der Waals surface area contributed by atoms with Crippen LogP contribution in [0.4, 0.5) is 0 Å². The Labute approximate surface area is 146 Å². The third-order valence-corrected chi connectivity index (χ3v) is 3.91. The van der Waals surface area contributed by atoms with Crippen molar-refractivity contribution >= 4 is 5.91 Å².